The molecule has 0 radical (unpaired) electrons. The van der Waals surface area contributed by atoms with Crippen LogP contribution in [0, 0.1) is 23.0 Å². The monoisotopic (exact) mass is 297 g/mol. The van der Waals surface area contributed by atoms with E-state index in [1.807, 2.05) is 6.92 Å². The average Bonchev–Trinajstić information content (AvgIpc) is 2.37. The van der Waals surface area contributed by atoms with Gasteiger partial charge in [-0.15, -0.1) is 0 Å². The maximum Gasteiger partial charge on any atom is 0.332 e. The summed E-state index contributed by atoms with van der Waals surface area (Å²) in [7, 11) is 0. The minimum atomic E-state index is -0.470. The van der Waals surface area contributed by atoms with Crippen LogP contribution < -0.4 is 10.6 Å². The molecular formula is C13H23N5O3. The summed E-state index contributed by atoms with van der Waals surface area (Å²) in [4.78, 5) is 18.9. The molecule has 1 heterocycles. The van der Waals surface area contributed by atoms with Gasteiger partial charge in [-0.3, -0.25) is 10.1 Å². The highest BCUT2D eigenvalue weighted by Crippen LogP contribution is 2.26. The molecule has 1 aromatic rings. The second kappa shape index (κ2) is 8.35. The van der Waals surface area contributed by atoms with Gasteiger partial charge in [0.15, 0.2) is 0 Å². The Morgan fingerprint density at radius 2 is 2.05 bits per heavy atom. The van der Waals surface area contributed by atoms with Gasteiger partial charge in [0.2, 0.25) is 11.8 Å². The SMILES string of the molecule is CCNc1nc(C)c([N+](=O)[O-])c(NCCOCC(C)C)n1. The van der Waals surface area contributed by atoms with Crippen LogP contribution in [0.4, 0.5) is 17.5 Å². The Kier molecular flexibility index (Phi) is 6.80. The lowest BCUT2D eigenvalue weighted by Gasteiger charge is -2.11. The molecule has 0 amide bonds. The third kappa shape index (κ3) is 5.50. The van der Waals surface area contributed by atoms with Crippen molar-refractivity contribution in [3.05, 3.63) is 15.8 Å². The van der Waals surface area contributed by atoms with E-state index in [9.17, 15) is 10.1 Å². The summed E-state index contributed by atoms with van der Waals surface area (Å²) in [6.07, 6.45) is 0. The predicted octanol–water partition coefficient (Wildman–Crippen LogP) is 2.21. The van der Waals surface area contributed by atoms with Crippen LogP contribution in [0.3, 0.4) is 0 Å². The van der Waals surface area contributed by atoms with E-state index in [4.69, 9.17) is 4.74 Å². The number of anilines is 2. The van der Waals surface area contributed by atoms with Crippen molar-refractivity contribution in [2.24, 2.45) is 5.92 Å². The van der Waals surface area contributed by atoms with E-state index in [1.165, 1.54) is 0 Å². The smallest absolute Gasteiger partial charge is 0.332 e. The Labute approximate surface area is 124 Å². The number of nitrogens with one attached hydrogen (secondary N) is 2. The van der Waals surface area contributed by atoms with Gasteiger partial charge in [-0.25, -0.2) is 4.98 Å². The van der Waals surface area contributed by atoms with E-state index in [2.05, 4.69) is 34.4 Å². The van der Waals surface area contributed by atoms with Crippen LogP contribution >= 0.6 is 0 Å². The summed E-state index contributed by atoms with van der Waals surface area (Å²) in [6, 6.07) is 0. The number of ether oxygens (including phenoxy) is 1. The molecule has 118 valence electrons. The second-order valence-electron chi connectivity index (χ2n) is 5.01. The molecule has 8 nitrogen and oxygen atoms in total. The predicted molar refractivity (Wildman–Crippen MR) is 81.7 cm³/mol. The maximum atomic E-state index is 11.1. The minimum absolute atomic E-state index is 0.0967. The highest BCUT2D eigenvalue weighted by Gasteiger charge is 2.21. The van der Waals surface area contributed by atoms with E-state index >= 15 is 0 Å². The average molecular weight is 297 g/mol. The minimum Gasteiger partial charge on any atom is -0.379 e. The van der Waals surface area contributed by atoms with Gasteiger partial charge in [0.1, 0.15) is 5.69 Å². The number of hydrogen-bond donors (Lipinski definition) is 2. The van der Waals surface area contributed by atoms with Gasteiger partial charge in [-0.2, -0.15) is 4.98 Å². The molecule has 0 atom stereocenters. The highest BCUT2D eigenvalue weighted by molar-refractivity contribution is 5.60. The number of nitro groups is 1. The first kappa shape index (κ1) is 17.1. The van der Waals surface area contributed by atoms with E-state index in [-0.39, 0.29) is 11.5 Å². The maximum absolute atomic E-state index is 11.1. The molecule has 0 aliphatic heterocycles. The number of rotatable bonds is 9. The van der Waals surface area contributed by atoms with Gasteiger partial charge in [0.25, 0.3) is 0 Å². The largest absolute Gasteiger partial charge is 0.379 e. The Morgan fingerprint density at radius 1 is 1.33 bits per heavy atom. The second-order valence-corrected chi connectivity index (χ2v) is 5.01. The lowest BCUT2D eigenvalue weighted by atomic mass is 10.2. The van der Waals surface area contributed by atoms with Crippen LogP contribution in [0.5, 0.6) is 0 Å². The van der Waals surface area contributed by atoms with Crippen molar-refractivity contribution in [1.29, 1.82) is 0 Å². The fourth-order valence-corrected chi connectivity index (χ4v) is 1.71. The van der Waals surface area contributed by atoms with Crippen LogP contribution in [-0.2, 0) is 4.74 Å². The van der Waals surface area contributed by atoms with Crippen LogP contribution in [-0.4, -0.2) is 41.2 Å². The highest BCUT2D eigenvalue weighted by atomic mass is 16.6. The van der Waals surface area contributed by atoms with E-state index in [1.54, 1.807) is 6.92 Å². The molecule has 0 bridgehead atoms. The molecule has 1 rings (SSSR count). The van der Waals surface area contributed by atoms with Gasteiger partial charge < -0.3 is 15.4 Å². The number of nitrogens with zero attached hydrogens (tertiary/aromatic N) is 3. The number of aromatic nitrogens is 2. The van der Waals surface area contributed by atoms with Crippen molar-refractivity contribution in [2.75, 3.05) is 36.9 Å². The Balaban J connectivity index is 2.75. The molecule has 8 heteroatoms. The fraction of sp³-hybridized carbons (Fsp3) is 0.692. The van der Waals surface area contributed by atoms with Gasteiger partial charge >= 0.3 is 5.69 Å². The van der Waals surface area contributed by atoms with Crippen molar-refractivity contribution in [3.8, 4) is 0 Å². The Morgan fingerprint density at radius 3 is 2.62 bits per heavy atom. The first-order valence-corrected chi connectivity index (χ1v) is 7.04. The summed E-state index contributed by atoms with van der Waals surface area (Å²) in [6.45, 7) is 9.87. The van der Waals surface area contributed by atoms with E-state index < -0.39 is 4.92 Å². The molecule has 2 N–H and O–H groups in total. The van der Waals surface area contributed by atoms with Crippen molar-refractivity contribution >= 4 is 17.5 Å². The fourth-order valence-electron chi connectivity index (χ4n) is 1.71. The van der Waals surface area contributed by atoms with Crippen LogP contribution in [0.25, 0.3) is 0 Å². The zero-order valence-electron chi connectivity index (χ0n) is 13.0. The molecule has 0 spiro atoms. The molecule has 0 aliphatic rings. The molecule has 0 aromatic carbocycles. The summed E-state index contributed by atoms with van der Waals surface area (Å²) < 4.78 is 5.43. The third-order valence-electron chi connectivity index (χ3n) is 2.57. The zero-order valence-corrected chi connectivity index (χ0v) is 13.0. The molecule has 21 heavy (non-hydrogen) atoms. The molecule has 0 aliphatic carbocycles. The molecule has 0 saturated carbocycles. The van der Waals surface area contributed by atoms with Gasteiger partial charge in [-0.05, 0) is 19.8 Å². The van der Waals surface area contributed by atoms with Gasteiger partial charge in [-0.1, -0.05) is 13.8 Å². The third-order valence-corrected chi connectivity index (χ3v) is 2.57. The summed E-state index contributed by atoms with van der Waals surface area (Å²) in [5, 5.41) is 17.0. The van der Waals surface area contributed by atoms with Gasteiger partial charge in [0.05, 0.1) is 11.5 Å². The molecule has 0 fully saturated rings. The first-order chi connectivity index (χ1) is 9.95. The molecule has 0 unspecified atom stereocenters. The lowest BCUT2D eigenvalue weighted by Crippen LogP contribution is -2.15. The standard InChI is InChI=1S/C13H23N5O3/c1-5-14-13-16-10(4)11(18(19)20)12(17-13)15-6-7-21-8-9(2)3/h9H,5-8H2,1-4H3,(H2,14,15,16,17). The number of aryl methyl sites for hydroxylation is 1. The Hall–Kier alpha value is -1.96. The molecular weight excluding hydrogens is 274 g/mol. The van der Waals surface area contributed by atoms with Crippen molar-refractivity contribution in [2.45, 2.75) is 27.7 Å². The van der Waals surface area contributed by atoms with Crippen molar-refractivity contribution in [3.63, 3.8) is 0 Å². The van der Waals surface area contributed by atoms with Crippen molar-refractivity contribution in [1.82, 2.24) is 9.97 Å². The van der Waals surface area contributed by atoms with Crippen molar-refractivity contribution < 1.29 is 9.66 Å². The number of hydrogen-bond acceptors (Lipinski definition) is 7. The summed E-state index contributed by atoms with van der Waals surface area (Å²) in [5.41, 5.74) is 0.233. The molecule has 0 saturated heterocycles. The van der Waals surface area contributed by atoms with Crippen LogP contribution in [0.15, 0.2) is 0 Å². The summed E-state index contributed by atoms with van der Waals surface area (Å²) >= 11 is 0. The van der Waals surface area contributed by atoms with Gasteiger partial charge in [0, 0.05) is 19.7 Å². The quantitative estimate of drug-likeness (QED) is 0.409. The van der Waals surface area contributed by atoms with Crippen LogP contribution in [0.2, 0.25) is 0 Å². The summed E-state index contributed by atoms with van der Waals surface area (Å²) in [5.74, 6) is 1.06. The van der Waals surface area contributed by atoms with E-state index in [0.717, 1.165) is 0 Å². The topological polar surface area (TPSA) is 102 Å². The Bertz CT molecular complexity index is 479. The van der Waals surface area contributed by atoms with Crippen LogP contribution in [0.1, 0.15) is 26.5 Å². The normalized spacial score (nSPS) is 10.7. The first-order valence-electron chi connectivity index (χ1n) is 7.04. The zero-order chi connectivity index (χ0) is 15.8. The van der Waals surface area contributed by atoms with E-state index in [0.29, 0.717) is 43.9 Å². The lowest BCUT2D eigenvalue weighted by molar-refractivity contribution is -0.385. The molecule has 1 aromatic heterocycles.